The summed E-state index contributed by atoms with van der Waals surface area (Å²) < 4.78 is 27.7. The molecule has 1 saturated carbocycles. The van der Waals surface area contributed by atoms with Gasteiger partial charge in [0.2, 0.25) is 5.91 Å². The summed E-state index contributed by atoms with van der Waals surface area (Å²) in [7, 11) is 0. The van der Waals surface area contributed by atoms with Crippen molar-refractivity contribution in [1.29, 1.82) is 0 Å². The Morgan fingerprint density at radius 2 is 1.94 bits per heavy atom. The Morgan fingerprint density at radius 1 is 1.22 bits per heavy atom. The number of aromatic nitrogens is 2. The summed E-state index contributed by atoms with van der Waals surface area (Å²) in [4.78, 5) is 24.8. The number of nitrogens with one attached hydrogen (secondary N) is 1. The fourth-order valence-corrected chi connectivity index (χ4v) is 4.14. The van der Waals surface area contributed by atoms with Crippen LogP contribution in [-0.4, -0.2) is 20.6 Å². The molecule has 1 N–H and O–H groups in total. The number of hydrogen-bond acceptors (Lipinski definition) is 5. The van der Waals surface area contributed by atoms with Gasteiger partial charge in [-0.2, -0.15) is 5.10 Å². The number of rotatable bonds is 8. The van der Waals surface area contributed by atoms with Crippen molar-refractivity contribution in [2.45, 2.75) is 48.4 Å². The van der Waals surface area contributed by atoms with Crippen LogP contribution < -0.4 is 5.32 Å². The number of nitrogens with zero attached hydrogens (tertiary/aromatic N) is 3. The van der Waals surface area contributed by atoms with Crippen molar-refractivity contribution in [3.63, 3.8) is 0 Å². The zero-order valence-corrected chi connectivity index (χ0v) is 17.9. The van der Waals surface area contributed by atoms with E-state index in [1.807, 2.05) is 31.2 Å². The third kappa shape index (κ3) is 5.31. The van der Waals surface area contributed by atoms with E-state index in [-0.39, 0.29) is 23.0 Å². The molecule has 32 heavy (non-hydrogen) atoms. The van der Waals surface area contributed by atoms with Gasteiger partial charge in [0, 0.05) is 33.5 Å². The van der Waals surface area contributed by atoms with E-state index in [1.54, 1.807) is 6.07 Å². The SMILES string of the molecule is Cc1ccc(Sc2cc(NC(=O)Cn3nc(C4CC4)cc3C(F)F)cc([N+](=O)[O-])c2)cc1. The first-order chi connectivity index (χ1) is 15.3. The maximum atomic E-state index is 13.4. The molecule has 1 aromatic heterocycles. The molecule has 3 aromatic rings. The molecule has 0 saturated heterocycles. The number of carbonyl (C=O) groups is 1. The van der Waals surface area contributed by atoms with Gasteiger partial charge in [-0.05, 0) is 44.0 Å². The zero-order chi connectivity index (χ0) is 22.8. The van der Waals surface area contributed by atoms with Crippen LogP contribution in [0, 0.1) is 17.0 Å². The number of amides is 1. The molecule has 1 aliphatic rings. The van der Waals surface area contributed by atoms with E-state index in [4.69, 9.17) is 0 Å². The van der Waals surface area contributed by atoms with Gasteiger partial charge in [0.05, 0.1) is 10.6 Å². The number of non-ortho nitro benzene ring substituents is 1. The quantitative estimate of drug-likeness (QED) is 0.345. The van der Waals surface area contributed by atoms with E-state index in [9.17, 15) is 23.7 Å². The van der Waals surface area contributed by atoms with Crippen LogP contribution in [0.5, 0.6) is 0 Å². The minimum Gasteiger partial charge on any atom is -0.324 e. The van der Waals surface area contributed by atoms with Crippen molar-refractivity contribution >= 4 is 29.0 Å². The van der Waals surface area contributed by atoms with Crippen LogP contribution in [-0.2, 0) is 11.3 Å². The molecule has 2 aromatic carbocycles. The average molecular weight is 458 g/mol. The predicted octanol–water partition coefficient (Wildman–Crippen LogP) is 5.70. The molecule has 0 radical (unpaired) electrons. The summed E-state index contributed by atoms with van der Waals surface area (Å²) in [5.74, 6) is -0.418. The highest BCUT2D eigenvalue weighted by molar-refractivity contribution is 7.99. The Hall–Kier alpha value is -3.27. The van der Waals surface area contributed by atoms with Gasteiger partial charge in [0.1, 0.15) is 12.2 Å². The van der Waals surface area contributed by atoms with Crippen LogP contribution in [0.3, 0.4) is 0 Å². The summed E-state index contributed by atoms with van der Waals surface area (Å²) in [6.07, 6.45) is -0.944. The molecule has 0 atom stereocenters. The van der Waals surface area contributed by atoms with Gasteiger partial charge in [0.15, 0.2) is 0 Å². The van der Waals surface area contributed by atoms with Gasteiger partial charge < -0.3 is 5.32 Å². The number of carbonyl (C=O) groups excluding carboxylic acids is 1. The molecule has 1 aliphatic carbocycles. The first kappa shape index (κ1) is 21.9. The third-order valence-electron chi connectivity index (χ3n) is 4.99. The molecule has 166 valence electrons. The second-order valence-corrected chi connectivity index (χ2v) is 8.81. The smallest absolute Gasteiger partial charge is 0.280 e. The molecule has 4 rings (SSSR count). The summed E-state index contributed by atoms with van der Waals surface area (Å²) in [5.41, 5.74) is 1.39. The highest BCUT2D eigenvalue weighted by Crippen LogP contribution is 2.40. The highest BCUT2D eigenvalue weighted by Gasteiger charge is 2.29. The molecule has 1 heterocycles. The minimum absolute atomic E-state index is 0.176. The zero-order valence-electron chi connectivity index (χ0n) is 17.1. The maximum absolute atomic E-state index is 13.4. The molecule has 7 nitrogen and oxygen atoms in total. The van der Waals surface area contributed by atoms with E-state index >= 15 is 0 Å². The molecule has 1 fully saturated rings. The second kappa shape index (κ2) is 9.07. The van der Waals surface area contributed by atoms with Crippen LogP contribution in [0.15, 0.2) is 58.3 Å². The lowest BCUT2D eigenvalue weighted by atomic mass is 10.2. The van der Waals surface area contributed by atoms with Crippen LogP contribution >= 0.6 is 11.8 Å². The Kier molecular flexibility index (Phi) is 6.22. The number of alkyl halides is 2. The van der Waals surface area contributed by atoms with Crippen molar-refractivity contribution in [1.82, 2.24) is 9.78 Å². The number of nitro benzene ring substituents is 1. The molecular formula is C22H20F2N4O3S. The molecule has 0 aliphatic heterocycles. The van der Waals surface area contributed by atoms with Crippen molar-refractivity contribution < 1.29 is 18.5 Å². The lowest BCUT2D eigenvalue weighted by Crippen LogP contribution is -2.21. The Labute approximate surface area is 187 Å². The van der Waals surface area contributed by atoms with Crippen LogP contribution in [0.1, 0.15) is 42.1 Å². The number of benzene rings is 2. The van der Waals surface area contributed by atoms with Gasteiger partial charge in [0.25, 0.3) is 12.1 Å². The standard InChI is InChI=1S/C22H20F2N4O3S/c1-13-2-6-17(7-3-13)32-18-9-15(8-16(10-18)28(30)31)25-21(29)12-27-20(22(23)24)11-19(26-27)14-4-5-14/h2-3,6-11,14,22H,4-5,12H2,1H3,(H,25,29). The normalized spacial score (nSPS) is 13.4. The summed E-state index contributed by atoms with van der Waals surface area (Å²) >= 11 is 1.32. The molecular weight excluding hydrogens is 438 g/mol. The molecule has 10 heteroatoms. The van der Waals surface area contributed by atoms with E-state index in [2.05, 4.69) is 10.4 Å². The Morgan fingerprint density at radius 3 is 2.56 bits per heavy atom. The van der Waals surface area contributed by atoms with Crippen molar-refractivity contribution in [2.24, 2.45) is 0 Å². The molecule has 0 unspecified atom stereocenters. The van der Waals surface area contributed by atoms with Crippen molar-refractivity contribution in [3.05, 3.63) is 75.6 Å². The van der Waals surface area contributed by atoms with Crippen LogP contribution in [0.2, 0.25) is 0 Å². The number of hydrogen-bond donors (Lipinski definition) is 1. The topological polar surface area (TPSA) is 90.1 Å². The first-order valence-electron chi connectivity index (χ1n) is 9.98. The van der Waals surface area contributed by atoms with E-state index in [1.165, 1.54) is 30.0 Å². The maximum Gasteiger partial charge on any atom is 0.280 e. The van der Waals surface area contributed by atoms with Crippen molar-refractivity contribution in [3.8, 4) is 0 Å². The Balaban J connectivity index is 1.53. The summed E-state index contributed by atoms with van der Waals surface area (Å²) in [5, 5.41) is 18.1. The van der Waals surface area contributed by atoms with Gasteiger partial charge in [-0.3, -0.25) is 19.6 Å². The largest absolute Gasteiger partial charge is 0.324 e. The number of aryl methyl sites for hydroxylation is 1. The van der Waals surface area contributed by atoms with Gasteiger partial charge in [-0.15, -0.1) is 0 Å². The Bertz CT molecular complexity index is 1160. The molecule has 0 bridgehead atoms. The number of anilines is 1. The number of halogens is 2. The first-order valence-corrected chi connectivity index (χ1v) is 10.8. The van der Waals surface area contributed by atoms with E-state index < -0.39 is 23.8 Å². The number of nitro groups is 1. The van der Waals surface area contributed by atoms with Crippen LogP contribution in [0.25, 0.3) is 0 Å². The van der Waals surface area contributed by atoms with Crippen molar-refractivity contribution in [2.75, 3.05) is 5.32 Å². The lowest BCUT2D eigenvalue weighted by molar-refractivity contribution is -0.385. The minimum atomic E-state index is -2.75. The van der Waals surface area contributed by atoms with E-state index in [0.717, 1.165) is 28.0 Å². The fraction of sp³-hybridized carbons (Fsp3) is 0.273. The predicted molar refractivity (Wildman–Crippen MR) is 116 cm³/mol. The van der Waals surface area contributed by atoms with E-state index in [0.29, 0.717) is 10.6 Å². The molecule has 1 amide bonds. The highest BCUT2D eigenvalue weighted by atomic mass is 32.2. The molecule has 0 spiro atoms. The van der Waals surface area contributed by atoms with Crippen LogP contribution in [0.4, 0.5) is 20.2 Å². The average Bonchev–Trinajstić information content (AvgIpc) is 3.50. The van der Waals surface area contributed by atoms with Gasteiger partial charge in [-0.1, -0.05) is 29.5 Å². The second-order valence-electron chi connectivity index (χ2n) is 7.66. The summed E-state index contributed by atoms with van der Waals surface area (Å²) in [6, 6.07) is 13.3. The van der Waals surface area contributed by atoms with Gasteiger partial charge >= 0.3 is 0 Å². The fourth-order valence-electron chi connectivity index (χ4n) is 3.23. The van der Waals surface area contributed by atoms with Gasteiger partial charge in [-0.25, -0.2) is 8.78 Å². The summed E-state index contributed by atoms with van der Waals surface area (Å²) in [6.45, 7) is 1.55. The third-order valence-corrected chi connectivity index (χ3v) is 5.96. The monoisotopic (exact) mass is 458 g/mol. The lowest BCUT2D eigenvalue weighted by Gasteiger charge is -2.10.